The second kappa shape index (κ2) is 6.45. The summed E-state index contributed by atoms with van der Waals surface area (Å²) in [6, 6.07) is 11.8. The maximum Gasteiger partial charge on any atom is 0.175 e. The average molecular weight is 302 g/mol. The predicted octanol–water partition coefficient (Wildman–Crippen LogP) is 4.15. The van der Waals surface area contributed by atoms with Gasteiger partial charge in [-0.15, -0.1) is 0 Å². The van der Waals surface area contributed by atoms with Crippen LogP contribution in [0.1, 0.15) is 22.8 Å². The molecule has 108 valence electrons. The number of hydrogen-bond donors (Lipinski definition) is 2. The van der Waals surface area contributed by atoms with Crippen LogP contribution in [0.5, 0.6) is 0 Å². The van der Waals surface area contributed by atoms with Gasteiger partial charge in [-0.2, -0.15) is 0 Å². The molecule has 0 fully saturated rings. The van der Waals surface area contributed by atoms with E-state index >= 15 is 0 Å². The Kier molecular flexibility index (Phi) is 4.65. The number of Topliss-reactive ketones (excluding diaryl/α,β-unsaturated/α-hetero) is 1. The molecule has 5 heteroatoms. The summed E-state index contributed by atoms with van der Waals surface area (Å²) in [4.78, 5) is 11.3. The quantitative estimate of drug-likeness (QED) is 0.660. The van der Waals surface area contributed by atoms with Crippen LogP contribution in [0.15, 0.2) is 42.5 Å². The summed E-state index contributed by atoms with van der Waals surface area (Å²) in [6.45, 7) is 3.18. The SMILES string of the molecule is CC(=O)c1cccc(NC(=S)Nc2cccc(F)c2C)c1. The predicted molar refractivity (Wildman–Crippen MR) is 87.4 cm³/mol. The van der Waals surface area contributed by atoms with Gasteiger partial charge >= 0.3 is 0 Å². The van der Waals surface area contributed by atoms with Gasteiger partial charge in [0.2, 0.25) is 0 Å². The van der Waals surface area contributed by atoms with E-state index in [1.54, 1.807) is 43.3 Å². The molecule has 0 saturated heterocycles. The molecule has 0 amide bonds. The number of ketones is 1. The first-order valence-corrected chi connectivity index (χ1v) is 6.82. The molecule has 0 unspecified atom stereocenters. The van der Waals surface area contributed by atoms with E-state index in [2.05, 4.69) is 10.6 Å². The van der Waals surface area contributed by atoms with Crippen LogP contribution in [0.3, 0.4) is 0 Å². The van der Waals surface area contributed by atoms with Crippen LogP contribution in [0.25, 0.3) is 0 Å². The summed E-state index contributed by atoms with van der Waals surface area (Å²) in [6.07, 6.45) is 0. The minimum atomic E-state index is -0.290. The lowest BCUT2D eigenvalue weighted by molar-refractivity contribution is 0.101. The zero-order valence-corrected chi connectivity index (χ0v) is 12.6. The first-order valence-electron chi connectivity index (χ1n) is 6.41. The second-order valence-electron chi connectivity index (χ2n) is 4.63. The van der Waals surface area contributed by atoms with Gasteiger partial charge < -0.3 is 10.6 Å². The topological polar surface area (TPSA) is 41.1 Å². The van der Waals surface area contributed by atoms with Crippen molar-refractivity contribution in [3.05, 3.63) is 59.4 Å². The van der Waals surface area contributed by atoms with Crippen molar-refractivity contribution in [3.8, 4) is 0 Å². The van der Waals surface area contributed by atoms with Crippen molar-refractivity contribution < 1.29 is 9.18 Å². The van der Waals surface area contributed by atoms with Gasteiger partial charge in [0, 0.05) is 22.5 Å². The molecule has 21 heavy (non-hydrogen) atoms. The second-order valence-corrected chi connectivity index (χ2v) is 5.04. The molecule has 0 atom stereocenters. The summed E-state index contributed by atoms with van der Waals surface area (Å²) in [7, 11) is 0. The lowest BCUT2D eigenvalue weighted by atomic mass is 10.1. The van der Waals surface area contributed by atoms with Crippen LogP contribution < -0.4 is 10.6 Å². The van der Waals surface area contributed by atoms with E-state index in [1.165, 1.54) is 13.0 Å². The van der Waals surface area contributed by atoms with Crippen molar-refractivity contribution in [2.45, 2.75) is 13.8 Å². The Hall–Kier alpha value is -2.27. The number of hydrogen-bond acceptors (Lipinski definition) is 2. The molecule has 0 saturated carbocycles. The molecule has 0 heterocycles. The Morgan fingerprint density at radius 1 is 1.14 bits per heavy atom. The van der Waals surface area contributed by atoms with Crippen molar-refractivity contribution in [3.63, 3.8) is 0 Å². The number of rotatable bonds is 3. The van der Waals surface area contributed by atoms with E-state index in [0.29, 0.717) is 27.6 Å². The van der Waals surface area contributed by atoms with Crippen LogP contribution in [0, 0.1) is 12.7 Å². The maximum absolute atomic E-state index is 13.5. The normalized spacial score (nSPS) is 10.0. The minimum absolute atomic E-state index is 0.0153. The molecule has 2 N–H and O–H groups in total. The summed E-state index contributed by atoms with van der Waals surface area (Å²) in [5.74, 6) is -0.306. The summed E-state index contributed by atoms with van der Waals surface area (Å²) in [5, 5.41) is 6.26. The molecule has 0 aliphatic heterocycles. The van der Waals surface area contributed by atoms with Crippen LogP contribution in [0.4, 0.5) is 15.8 Å². The van der Waals surface area contributed by atoms with E-state index in [1.807, 2.05) is 0 Å². The van der Waals surface area contributed by atoms with Crippen molar-refractivity contribution >= 4 is 34.5 Å². The highest BCUT2D eigenvalue weighted by Crippen LogP contribution is 2.18. The highest BCUT2D eigenvalue weighted by atomic mass is 32.1. The third-order valence-corrected chi connectivity index (χ3v) is 3.25. The highest BCUT2D eigenvalue weighted by Gasteiger charge is 2.06. The number of carbonyl (C=O) groups excluding carboxylic acids is 1. The molecule has 0 aliphatic carbocycles. The summed E-state index contributed by atoms with van der Waals surface area (Å²) >= 11 is 5.20. The zero-order chi connectivity index (χ0) is 15.4. The van der Waals surface area contributed by atoms with Gasteiger partial charge in [-0.25, -0.2) is 4.39 Å². The highest BCUT2D eigenvalue weighted by molar-refractivity contribution is 7.80. The number of anilines is 2. The van der Waals surface area contributed by atoms with E-state index in [9.17, 15) is 9.18 Å². The lowest BCUT2D eigenvalue weighted by Crippen LogP contribution is -2.20. The molecule has 0 spiro atoms. The lowest BCUT2D eigenvalue weighted by Gasteiger charge is -2.13. The number of benzene rings is 2. The van der Waals surface area contributed by atoms with Gasteiger partial charge in [0.05, 0.1) is 0 Å². The molecule has 0 aromatic heterocycles. The van der Waals surface area contributed by atoms with Gasteiger partial charge in [-0.3, -0.25) is 4.79 Å². The Labute approximate surface area is 128 Å². The van der Waals surface area contributed by atoms with Crippen LogP contribution in [-0.4, -0.2) is 10.9 Å². The number of halogens is 1. The standard InChI is InChI=1S/C16H15FN2OS/c1-10-14(17)7-4-8-15(10)19-16(21)18-13-6-3-5-12(9-13)11(2)20/h3-9H,1-2H3,(H2,18,19,21). The zero-order valence-electron chi connectivity index (χ0n) is 11.7. The monoisotopic (exact) mass is 302 g/mol. The molecular formula is C16H15FN2OS. The fourth-order valence-corrected chi connectivity index (χ4v) is 2.07. The smallest absolute Gasteiger partial charge is 0.175 e. The number of nitrogens with one attached hydrogen (secondary N) is 2. The Bertz CT molecular complexity index is 700. The van der Waals surface area contributed by atoms with E-state index in [4.69, 9.17) is 12.2 Å². The maximum atomic E-state index is 13.5. The number of thiocarbonyl (C=S) groups is 1. The van der Waals surface area contributed by atoms with Crippen molar-refractivity contribution in [2.24, 2.45) is 0 Å². The molecular weight excluding hydrogens is 287 g/mol. The van der Waals surface area contributed by atoms with E-state index < -0.39 is 0 Å². The van der Waals surface area contributed by atoms with Crippen LogP contribution in [0.2, 0.25) is 0 Å². The molecule has 2 aromatic carbocycles. The fourth-order valence-electron chi connectivity index (χ4n) is 1.84. The van der Waals surface area contributed by atoms with Gasteiger partial charge in [-0.1, -0.05) is 18.2 Å². The molecule has 3 nitrogen and oxygen atoms in total. The molecule has 2 aromatic rings. The van der Waals surface area contributed by atoms with Gasteiger partial charge in [0.1, 0.15) is 5.82 Å². The van der Waals surface area contributed by atoms with Crippen molar-refractivity contribution in [1.82, 2.24) is 0 Å². The average Bonchev–Trinajstić information content (AvgIpc) is 2.44. The minimum Gasteiger partial charge on any atom is -0.332 e. The van der Waals surface area contributed by atoms with Gasteiger partial charge in [0.15, 0.2) is 10.9 Å². The van der Waals surface area contributed by atoms with Crippen molar-refractivity contribution in [2.75, 3.05) is 10.6 Å². The first-order chi connectivity index (χ1) is 9.97. The van der Waals surface area contributed by atoms with Gasteiger partial charge in [0.25, 0.3) is 0 Å². The Balaban J connectivity index is 2.10. The first kappa shape index (κ1) is 15.1. The van der Waals surface area contributed by atoms with Crippen molar-refractivity contribution in [1.29, 1.82) is 0 Å². The van der Waals surface area contributed by atoms with Crippen LogP contribution >= 0.6 is 12.2 Å². The Morgan fingerprint density at radius 2 is 1.86 bits per heavy atom. The van der Waals surface area contributed by atoms with Gasteiger partial charge in [-0.05, 0) is 50.3 Å². The Morgan fingerprint density at radius 3 is 2.57 bits per heavy atom. The number of carbonyl (C=O) groups is 1. The fraction of sp³-hybridized carbons (Fsp3) is 0.125. The third kappa shape index (κ3) is 3.86. The summed E-state index contributed by atoms with van der Waals surface area (Å²) in [5.41, 5.74) is 2.41. The summed E-state index contributed by atoms with van der Waals surface area (Å²) < 4.78 is 13.5. The third-order valence-electron chi connectivity index (χ3n) is 3.04. The van der Waals surface area contributed by atoms with E-state index in [-0.39, 0.29) is 11.6 Å². The van der Waals surface area contributed by atoms with E-state index in [0.717, 1.165) is 0 Å². The molecule has 0 radical (unpaired) electrons. The molecule has 0 bridgehead atoms. The molecule has 0 aliphatic rings. The molecule has 2 rings (SSSR count). The largest absolute Gasteiger partial charge is 0.332 e. The van der Waals surface area contributed by atoms with Crippen LogP contribution in [-0.2, 0) is 0 Å².